The zero-order valence-corrected chi connectivity index (χ0v) is 12.1. The van der Waals surface area contributed by atoms with Gasteiger partial charge in [-0.2, -0.15) is 0 Å². The Bertz CT molecular complexity index is 500. The van der Waals surface area contributed by atoms with Crippen molar-refractivity contribution in [3.8, 4) is 12.3 Å². The Morgan fingerprint density at radius 2 is 2.20 bits per heavy atom. The third kappa shape index (κ3) is 3.77. The van der Waals surface area contributed by atoms with Crippen molar-refractivity contribution in [2.24, 2.45) is 5.92 Å². The molecule has 0 atom stereocenters. The largest absolute Gasteiger partial charge is 0.384 e. The molecular formula is C17H22N2O. The molecule has 0 saturated heterocycles. The van der Waals surface area contributed by atoms with Gasteiger partial charge < -0.3 is 10.2 Å². The maximum atomic E-state index is 12.7. The molecule has 1 N–H and O–H groups in total. The number of amides is 1. The minimum absolute atomic E-state index is 0.0362. The molecule has 1 aromatic rings. The summed E-state index contributed by atoms with van der Waals surface area (Å²) in [6.07, 6.45) is 8.85. The lowest BCUT2D eigenvalue weighted by Gasteiger charge is -2.22. The van der Waals surface area contributed by atoms with Gasteiger partial charge in [0.2, 0.25) is 0 Å². The van der Waals surface area contributed by atoms with E-state index in [1.807, 2.05) is 24.3 Å². The Morgan fingerprint density at radius 1 is 1.45 bits per heavy atom. The second kappa shape index (κ2) is 7.00. The molecule has 2 rings (SSSR count). The fourth-order valence-electron chi connectivity index (χ4n) is 2.20. The molecule has 1 amide bonds. The van der Waals surface area contributed by atoms with Gasteiger partial charge in [0.1, 0.15) is 0 Å². The predicted octanol–water partition coefficient (Wildman–Crippen LogP) is 2.99. The van der Waals surface area contributed by atoms with E-state index in [2.05, 4.69) is 18.2 Å². The highest BCUT2D eigenvalue weighted by molar-refractivity contribution is 5.99. The summed E-state index contributed by atoms with van der Waals surface area (Å²) in [5, 5.41) is 3.31. The van der Waals surface area contributed by atoms with E-state index in [0.29, 0.717) is 12.5 Å². The van der Waals surface area contributed by atoms with Crippen LogP contribution in [0.25, 0.3) is 0 Å². The van der Waals surface area contributed by atoms with Gasteiger partial charge >= 0.3 is 0 Å². The summed E-state index contributed by atoms with van der Waals surface area (Å²) >= 11 is 0. The third-order valence-corrected chi connectivity index (χ3v) is 3.47. The Labute approximate surface area is 121 Å². The molecule has 20 heavy (non-hydrogen) atoms. The van der Waals surface area contributed by atoms with Gasteiger partial charge in [-0.05, 0) is 37.3 Å². The molecule has 106 valence electrons. The number of benzene rings is 1. The first kappa shape index (κ1) is 14.5. The highest BCUT2D eigenvalue weighted by Gasteiger charge is 2.27. The van der Waals surface area contributed by atoms with E-state index in [0.717, 1.165) is 30.8 Å². The van der Waals surface area contributed by atoms with Gasteiger partial charge in [0.15, 0.2) is 0 Å². The van der Waals surface area contributed by atoms with Crippen LogP contribution < -0.4 is 5.32 Å². The summed E-state index contributed by atoms with van der Waals surface area (Å²) in [5.74, 6) is 3.28. The number of hydrogen-bond acceptors (Lipinski definition) is 2. The molecule has 1 aliphatic carbocycles. The van der Waals surface area contributed by atoms with Crippen molar-refractivity contribution in [2.45, 2.75) is 26.2 Å². The molecule has 0 aromatic heterocycles. The third-order valence-electron chi connectivity index (χ3n) is 3.47. The Hall–Kier alpha value is -1.95. The van der Waals surface area contributed by atoms with E-state index in [1.165, 1.54) is 12.8 Å². The Kier molecular flexibility index (Phi) is 5.06. The van der Waals surface area contributed by atoms with Gasteiger partial charge in [-0.25, -0.2) is 0 Å². The van der Waals surface area contributed by atoms with E-state index in [1.54, 1.807) is 4.90 Å². The molecule has 1 aliphatic rings. The quantitative estimate of drug-likeness (QED) is 0.773. The minimum Gasteiger partial charge on any atom is -0.384 e. The lowest BCUT2D eigenvalue weighted by Crippen LogP contribution is -2.33. The molecule has 0 spiro atoms. The van der Waals surface area contributed by atoms with Crippen molar-refractivity contribution in [3.05, 3.63) is 29.8 Å². The Morgan fingerprint density at radius 3 is 2.85 bits per heavy atom. The summed E-state index contributed by atoms with van der Waals surface area (Å²) in [4.78, 5) is 14.5. The van der Waals surface area contributed by atoms with E-state index in [9.17, 15) is 4.79 Å². The van der Waals surface area contributed by atoms with Crippen LogP contribution in [0.15, 0.2) is 24.3 Å². The molecular weight excluding hydrogens is 248 g/mol. The average molecular weight is 270 g/mol. The number of para-hydroxylation sites is 1. The number of anilines is 1. The van der Waals surface area contributed by atoms with Crippen LogP contribution in [0.1, 0.15) is 36.5 Å². The number of nitrogens with zero attached hydrogens (tertiary/aromatic N) is 1. The van der Waals surface area contributed by atoms with Crippen LogP contribution in [-0.2, 0) is 0 Å². The fourth-order valence-corrected chi connectivity index (χ4v) is 2.20. The number of rotatable bonds is 7. The van der Waals surface area contributed by atoms with Crippen molar-refractivity contribution in [1.82, 2.24) is 4.90 Å². The van der Waals surface area contributed by atoms with Crippen LogP contribution in [0.2, 0.25) is 0 Å². The van der Waals surface area contributed by atoms with Crippen molar-refractivity contribution in [1.29, 1.82) is 0 Å². The molecule has 1 fully saturated rings. The van der Waals surface area contributed by atoms with Crippen molar-refractivity contribution in [2.75, 3.05) is 25.0 Å². The van der Waals surface area contributed by atoms with Crippen LogP contribution in [-0.4, -0.2) is 30.4 Å². The topological polar surface area (TPSA) is 32.3 Å². The first-order chi connectivity index (χ1) is 9.76. The number of nitrogens with one attached hydrogen (secondary N) is 1. The van der Waals surface area contributed by atoms with Gasteiger partial charge in [0, 0.05) is 18.8 Å². The van der Waals surface area contributed by atoms with Gasteiger partial charge in [-0.1, -0.05) is 25.0 Å². The van der Waals surface area contributed by atoms with E-state index in [4.69, 9.17) is 6.42 Å². The summed E-state index contributed by atoms with van der Waals surface area (Å²) in [6.45, 7) is 4.14. The molecule has 0 heterocycles. The van der Waals surface area contributed by atoms with Crippen molar-refractivity contribution in [3.63, 3.8) is 0 Å². The minimum atomic E-state index is 0.0362. The zero-order valence-electron chi connectivity index (χ0n) is 12.1. The van der Waals surface area contributed by atoms with E-state index < -0.39 is 0 Å². The maximum Gasteiger partial charge on any atom is 0.256 e. The van der Waals surface area contributed by atoms with Gasteiger partial charge in [-0.15, -0.1) is 6.42 Å². The lowest BCUT2D eigenvalue weighted by molar-refractivity contribution is 0.0770. The van der Waals surface area contributed by atoms with Crippen LogP contribution in [0.3, 0.4) is 0 Å². The fraction of sp³-hybridized carbons (Fsp3) is 0.471. The first-order valence-electron chi connectivity index (χ1n) is 7.32. The van der Waals surface area contributed by atoms with Crippen molar-refractivity contribution < 1.29 is 4.79 Å². The lowest BCUT2D eigenvalue weighted by atomic mass is 10.1. The second-order valence-corrected chi connectivity index (χ2v) is 5.31. The second-order valence-electron chi connectivity index (χ2n) is 5.31. The summed E-state index contributed by atoms with van der Waals surface area (Å²) < 4.78 is 0. The van der Waals surface area contributed by atoms with Crippen LogP contribution in [0, 0.1) is 18.3 Å². The molecule has 0 radical (unpaired) electrons. The molecule has 1 aromatic carbocycles. The average Bonchev–Trinajstić information content (AvgIpc) is 3.28. The summed E-state index contributed by atoms with van der Waals surface area (Å²) in [7, 11) is 0. The summed E-state index contributed by atoms with van der Waals surface area (Å²) in [5.41, 5.74) is 1.62. The highest BCUT2D eigenvalue weighted by Crippen LogP contribution is 2.30. The molecule has 3 heteroatoms. The smallest absolute Gasteiger partial charge is 0.256 e. The maximum absolute atomic E-state index is 12.7. The van der Waals surface area contributed by atoms with Crippen LogP contribution >= 0.6 is 0 Å². The molecule has 0 bridgehead atoms. The zero-order chi connectivity index (χ0) is 14.4. The Balaban J connectivity index is 2.14. The van der Waals surface area contributed by atoms with Gasteiger partial charge in [0.25, 0.3) is 5.91 Å². The molecule has 0 aliphatic heterocycles. The SMILES string of the molecule is C#CCN(CC1CC1)C(=O)c1ccccc1NCCC. The first-order valence-corrected chi connectivity index (χ1v) is 7.32. The predicted molar refractivity (Wildman–Crippen MR) is 82.7 cm³/mol. The van der Waals surface area contributed by atoms with Crippen LogP contribution in [0.5, 0.6) is 0 Å². The standard InChI is InChI=1S/C17H22N2O/c1-3-11-18-16-8-6-5-7-15(16)17(20)19(12-4-2)13-14-9-10-14/h2,5-8,14,18H,3,9-13H2,1H3. The van der Waals surface area contributed by atoms with Gasteiger partial charge in [0.05, 0.1) is 12.1 Å². The number of carbonyl (C=O) groups is 1. The summed E-state index contributed by atoms with van der Waals surface area (Å²) in [6, 6.07) is 7.67. The number of terminal acetylenes is 1. The van der Waals surface area contributed by atoms with Crippen molar-refractivity contribution >= 4 is 11.6 Å². The molecule has 3 nitrogen and oxygen atoms in total. The monoisotopic (exact) mass is 270 g/mol. The van der Waals surface area contributed by atoms with E-state index in [-0.39, 0.29) is 5.91 Å². The molecule has 1 saturated carbocycles. The number of carbonyl (C=O) groups excluding carboxylic acids is 1. The molecule has 0 unspecified atom stereocenters. The van der Waals surface area contributed by atoms with E-state index >= 15 is 0 Å². The van der Waals surface area contributed by atoms with Gasteiger partial charge in [-0.3, -0.25) is 4.79 Å². The number of hydrogen-bond donors (Lipinski definition) is 1. The van der Waals surface area contributed by atoms with Crippen LogP contribution in [0.4, 0.5) is 5.69 Å². The normalized spacial score (nSPS) is 13.6. The highest BCUT2D eigenvalue weighted by atomic mass is 16.2.